The van der Waals surface area contributed by atoms with Crippen molar-refractivity contribution >= 4 is 36.9 Å². The summed E-state index contributed by atoms with van der Waals surface area (Å²) in [4.78, 5) is 29.5. The summed E-state index contributed by atoms with van der Waals surface area (Å²) >= 11 is 0. The molecule has 1 heterocycles. The van der Waals surface area contributed by atoms with E-state index >= 15 is 4.39 Å². The molecule has 0 radical (unpaired) electrons. The third-order valence-corrected chi connectivity index (χ3v) is 13.8. The van der Waals surface area contributed by atoms with Gasteiger partial charge < -0.3 is 24.8 Å². The molecule has 1 saturated heterocycles. The molecule has 0 aliphatic carbocycles. The topological polar surface area (TPSA) is 91.9 Å². The van der Waals surface area contributed by atoms with Crippen molar-refractivity contribution in [1.29, 1.82) is 0 Å². The zero-order valence-corrected chi connectivity index (χ0v) is 28.9. The Kier molecular flexibility index (Phi) is 11.5. The molecule has 1 aliphatic heterocycles. The summed E-state index contributed by atoms with van der Waals surface area (Å²) in [5.74, 6) is 0.0625. The van der Waals surface area contributed by atoms with Crippen molar-refractivity contribution in [2.45, 2.75) is 57.7 Å². The Bertz CT molecular complexity index is 1590. The van der Waals surface area contributed by atoms with Crippen molar-refractivity contribution in [2.75, 3.05) is 25.0 Å². The van der Waals surface area contributed by atoms with Gasteiger partial charge in [-0.15, -0.1) is 0 Å². The highest BCUT2D eigenvalue weighted by molar-refractivity contribution is 7.00. The van der Waals surface area contributed by atoms with E-state index in [2.05, 4.69) is 66.0 Å². The molecule has 252 valence electrons. The number of hydrogen-bond acceptors (Lipinski definition) is 6. The van der Waals surface area contributed by atoms with Crippen LogP contribution in [-0.4, -0.2) is 51.4 Å². The SMILES string of the molecule is CC(C)(C)[Si](Oc1ccc(CNC(=O)N2CCC(Nc3ccc(CCNOC=O)cc3)CC2)c(F)c1)(c1ccccc1)c1ccccc1. The minimum Gasteiger partial charge on any atom is -0.534 e. The second-order valence-corrected chi connectivity index (χ2v) is 17.4. The van der Waals surface area contributed by atoms with Gasteiger partial charge in [0.1, 0.15) is 11.6 Å². The monoisotopic (exact) mass is 668 g/mol. The first-order chi connectivity index (χ1) is 23.2. The number of carbonyl (C=O) groups excluding carboxylic acids is 2. The van der Waals surface area contributed by atoms with Crippen molar-refractivity contribution in [3.8, 4) is 5.75 Å². The van der Waals surface area contributed by atoms with Gasteiger partial charge in [0, 0.05) is 49.5 Å². The van der Waals surface area contributed by atoms with Gasteiger partial charge in [-0.1, -0.05) is 99.6 Å². The summed E-state index contributed by atoms with van der Waals surface area (Å²) in [6.45, 7) is 8.78. The molecule has 1 fully saturated rings. The van der Waals surface area contributed by atoms with E-state index in [1.807, 2.05) is 66.7 Å². The molecule has 0 atom stereocenters. The Labute approximate surface area is 283 Å². The highest BCUT2D eigenvalue weighted by atomic mass is 28.4. The molecule has 48 heavy (non-hydrogen) atoms. The standard InChI is InChI=1S/C38H45FN4O4Si/c1-38(2,3)48(34-10-6-4-7-11-34,35-12-8-5-9-13-35)47-33-19-16-30(36(39)26-33)27-40-37(45)43-24-21-32(22-25-43)42-31-17-14-29(15-18-31)20-23-41-46-28-44/h4-19,26,28,32,41-42H,20-25,27H2,1-3H3,(H,40,45). The van der Waals surface area contributed by atoms with E-state index in [0.29, 0.717) is 37.4 Å². The molecule has 5 rings (SSSR count). The van der Waals surface area contributed by atoms with Gasteiger partial charge in [0.25, 0.3) is 0 Å². The van der Waals surface area contributed by atoms with Gasteiger partial charge in [-0.05, 0) is 58.4 Å². The van der Waals surface area contributed by atoms with Crippen LogP contribution in [-0.2, 0) is 22.6 Å². The molecule has 0 unspecified atom stereocenters. The van der Waals surface area contributed by atoms with Crippen molar-refractivity contribution in [3.63, 3.8) is 0 Å². The van der Waals surface area contributed by atoms with Crippen LogP contribution in [0, 0.1) is 5.82 Å². The molecule has 1 aliphatic rings. The molecular weight excluding hydrogens is 624 g/mol. The lowest BCUT2D eigenvalue weighted by atomic mass is 10.0. The Hall–Kier alpha value is -4.67. The van der Waals surface area contributed by atoms with Crippen LogP contribution in [0.3, 0.4) is 0 Å². The predicted molar refractivity (Wildman–Crippen MR) is 190 cm³/mol. The van der Waals surface area contributed by atoms with E-state index in [1.54, 1.807) is 11.0 Å². The summed E-state index contributed by atoms with van der Waals surface area (Å²) in [5.41, 5.74) is 5.14. The van der Waals surface area contributed by atoms with Crippen molar-refractivity contribution in [1.82, 2.24) is 15.7 Å². The van der Waals surface area contributed by atoms with Crippen LogP contribution in [0.1, 0.15) is 44.7 Å². The molecule has 0 aromatic heterocycles. The molecule has 4 aromatic rings. The number of urea groups is 1. The lowest BCUT2D eigenvalue weighted by Gasteiger charge is -2.43. The Morgan fingerprint density at radius 2 is 1.54 bits per heavy atom. The van der Waals surface area contributed by atoms with Gasteiger partial charge in [-0.2, -0.15) is 5.48 Å². The minimum absolute atomic E-state index is 0.0888. The number of carbonyl (C=O) groups is 2. The molecule has 0 spiro atoms. The first-order valence-corrected chi connectivity index (χ1v) is 18.4. The summed E-state index contributed by atoms with van der Waals surface area (Å²) in [5, 5.41) is 8.45. The second kappa shape index (κ2) is 15.9. The van der Waals surface area contributed by atoms with Crippen LogP contribution >= 0.6 is 0 Å². The van der Waals surface area contributed by atoms with Crippen LogP contribution in [0.4, 0.5) is 14.9 Å². The number of halogens is 1. The number of likely N-dealkylation sites (tertiary alicyclic amines) is 1. The van der Waals surface area contributed by atoms with Crippen LogP contribution in [0.25, 0.3) is 0 Å². The molecule has 0 bridgehead atoms. The molecule has 3 N–H and O–H groups in total. The zero-order chi connectivity index (χ0) is 34.0. The number of anilines is 1. The Morgan fingerprint density at radius 3 is 2.10 bits per heavy atom. The fourth-order valence-electron chi connectivity index (χ4n) is 6.36. The highest BCUT2D eigenvalue weighted by Gasteiger charge is 2.52. The number of nitrogens with zero attached hydrogens (tertiary/aromatic N) is 1. The fourth-order valence-corrected chi connectivity index (χ4v) is 10.8. The summed E-state index contributed by atoms with van der Waals surface area (Å²) in [6.07, 6.45) is 2.36. The second-order valence-electron chi connectivity index (χ2n) is 13.1. The zero-order valence-electron chi connectivity index (χ0n) is 27.9. The molecular formula is C38H45FN4O4Si. The van der Waals surface area contributed by atoms with Gasteiger partial charge in [0.05, 0.1) is 0 Å². The van der Waals surface area contributed by atoms with Gasteiger partial charge in [0.2, 0.25) is 0 Å². The number of hydroxylamine groups is 1. The Morgan fingerprint density at radius 1 is 0.917 bits per heavy atom. The maximum absolute atomic E-state index is 15.5. The average molecular weight is 669 g/mol. The average Bonchev–Trinajstić information content (AvgIpc) is 3.10. The highest BCUT2D eigenvalue weighted by Crippen LogP contribution is 2.38. The van der Waals surface area contributed by atoms with Gasteiger partial charge in [-0.3, -0.25) is 4.79 Å². The van der Waals surface area contributed by atoms with E-state index in [-0.39, 0.29) is 23.7 Å². The molecule has 10 heteroatoms. The predicted octanol–water partition coefficient (Wildman–Crippen LogP) is 5.77. The number of piperidine rings is 1. The summed E-state index contributed by atoms with van der Waals surface area (Å²) < 4.78 is 22.5. The van der Waals surface area contributed by atoms with Crippen molar-refractivity contribution in [2.24, 2.45) is 0 Å². The largest absolute Gasteiger partial charge is 0.534 e. The molecule has 2 amide bonds. The number of hydrogen-bond donors (Lipinski definition) is 3. The molecule has 0 saturated carbocycles. The molecule has 8 nitrogen and oxygen atoms in total. The first-order valence-electron chi connectivity index (χ1n) is 16.5. The number of rotatable bonds is 13. The smallest absolute Gasteiger partial charge is 0.319 e. The third-order valence-electron chi connectivity index (χ3n) is 8.90. The van der Waals surface area contributed by atoms with E-state index < -0.39 is 14.1 Å². The van der Waals surface area contributed by atoms with E-state index in [1.165, 1.54) is 6.07 Å². The fraction of sp³-hybridized carbons (Fsp3) is 0.316. The van der Waals surface area contributed by atoms with E-state index in [9.17, 15) is 9.59 Å². The number of amides is 2. The summed E-state index contributed by atoms with van der Waals surface area (Å²) in [6, 6.07) is 33.7. The van der Waals surface area contributed by atoms with Gasteiger partial charge >= 0.3 is 20.8 Å². The van der Waals surface area contributed by atoms with Crippen molar-refractivity contribution < 1.29 is 23.2 Å². The molecule has 4 aromatic carbocycles. The normalized spacial score (nSPS) is 13.9. The van der Waals surface area contributed by atoms with Crippen LogP contribution in [0.2, 0.25) is 5.04 Å². The van der Waals surface area contributed by atoms with E-state index in [0.717, 1.165) is 40.9 Å². The maximum Gasteiger partial charge on any atom is 0.319 e. The third kappa shape index (κ3) is 8.42. The van der Waals surface area contributed by atoms with Crippen LogP contribution < -0.4 is 30.9 Å². The van der Waals surface area contributed by atoms with E-state index in [4.69, 9.17) is 4.43 Å². The van der Waals surface area contributed by atoms with Crippen molar-refractivity contribution in [3.05, 3.63) is 120 Å². The van der Waals surface area contributed by atoms with Crippen LogP contribution in [0.15, 0.2) is 103 Å². The van der Waals surface area contributed by atoms with Crippen LogP contribution in [0.5, 0.6) is 5.75 Å². The lowest BCUT2D eigenvalue weighted by molar-refractivity contribution is -0.135. The quantitative estimate of drug-likeness (QED) is 0.0726. The number of nitrogens with one attached hydrogen (secondary N) is 3. The number of benzene rings is 4. The Balaban J connectivity index is 1.16. The first kappa shape index (κ1) is 34.7. The minimum atomic E-state index is -2.89. The van der Waals surface area contributed by atoms with Gasteiger partial charge in [-0.25, -0.2) is 9.18 Å². The summed E-state index contributed by atoms with van der Waals surface area (Å²) in [7, 11) is -2.89. The lowest BCUT2D eigenvalue weighted by Crippen LogP contribution is -2.68. The van der Waals surface area contributed by atoms with Gasteiger partial charge in [0.15, 0.2) is 0 Å². The maximum atomic E-state index is 15.5.